The molecule has 0 bridgehead atoms. The Balaban J connectivity index is 1.63. The summed E-state index contributed by atoms with van der Waals surface area (Å²) in [5.41, 5.74) is 6.08. The van der Waals surface area contributed by atoms with E-state index < -0.39 is 0 Å². The number of thiocarbonyl (C=S) groups is 1. The van der Waals surface area contributed by atoms with E-state index in [0.29, 0.717) is 17.7 Å². The van der Waals surface area contributed by atoms with E-state index in [0.717, 1.165) is 53.8 Å². The normalized spacial score (nSPS) is 16.3. The largest absolute Gasteiger partial charge is 0.343 e. The maximum absolute atomic E-state index is 13.1. The number of hydrogen-bond donors (Lipinski definition) is 2. The van der Waals surface area contributed by atoms with Crippen molar-refractivity contribution in [1.29, 1.82) is 0 Å². The van der Waals surface area contributed by atoms with Gasteiger partial charge in [-0.25, -0.2) is 0 Å². The van der Waals surface area contributed by atoms with Crippen molar-refractivity contribution in [1.82, 2.24) is 14.8 Å². The average Bonchev–Trinajstić information content (AvgIpc) is 3.25. The highest BCUT2D eigenvalue weighted by Crippen LogP contribution is 2.22. The van der Waals surface area contributed by atoms with E-state index in [1.807, 2.05) is 18.2 Å². The fraction of sp³-hybridized carbons (Fsp3) is 0.407. The van der Waals surface area contributed by atoms with Crippen molar-refractivity contribution in [3.63, 3.8) is 0 Å². The van der Waals surface area contributed by atoms with Crippen LogP contribution in [0.1, 0.15) is 42.0 Å². The van der Waals surface area contributed by atoms with Crippen LogP contribution in [-0.2, 0) is 6.54 Å². The zero-order valence-electron chi connectivity index (χ0n) is 20.1. The fourth-order valence-corrected chi connectivity index (χ4v) is 4.98. The zero-order chi connectivity index (χ0) is 23.5. The van der Waals surface area contributed by atoms with Crippen molar-refractivity contribution in [3.8, 4) is 0 Å². The van der Waals surface area contributed by atoms with Crippen LogP contribution in [0, 0.1) is 20.8 Å². The minimum atomic E-state index is -0.0434. The lowest BCUT2D eigenvalue weighted by molar-refractivity contribution is 0.221. The van der Waals surface area contributed by atoms with Crippen molar-refractivity contribution in [2.75, 3.05) is 25.0 Å². The second-order valence-electron chi connectivity index (χ2n) is 9.20. The third-order valence-electron chi connectivity index (χ3n) is 6.92. The molecule has 0 spiro atoms. The van der Waals surface area contributed by atoms with Gasteiger partial charge < -0.3 is 15.2 Å². The number of H-pyrrole nitrogens is 1. The molecular formula is C27H34N4OS. The third-order valence-corrected chi connectivity index (χ3v) is 7.28. The number of hydrogen-bond acceptors (Lipinski definition) is 3. The number of likely N-dealkylation sites (tertiary alicyclic amines) is 1. The lowest BCUT2D eigenvalue weighted by Crippen LogP contribution is -2.44. The van der Waals surface area contributed by atoms with Gasteiger partial charge in [-0.15, -0.1) is 0 Å². The highest BCUT2D eigenvalue weighted by molar-refractivity contribution is 7.80. The van der Waals surface area contributed by atoms with Crippen LogP contribution in [-0.4, -0.2) is 45.6 Å². The van der Waals surface area contributed by atoms with Crippen LogP contribution in [0.3, 0.4) is 0 Å². The number of benzene rings is 2. The maximum Gasteiger partial charge on any atom is 0.253 e. The quantitative estimate of drug-likeness (QED) is 0.497. The van der Waals surface area contributed by atoms with E-state index in [9.17, 15) is 4.79 Å². The number of nitrogens with one attached hydrogen (secondary N) is 2. The molecule has 4 rings (SSSR count). The van der Waals surface area contributed by atoms with Crippen LogP contribution in [0.25, 0.3) is 10.9 Å². The number of likely N-dealkylation sites (N-methyl/N-ethyl adjacent to an activating group) is 1. The van der Waals surface area contributed by atoms with E-state index in [1.165, 1.54) is 17.5 Å². The Kier molecular flexibility index (Phi) is 7.15. The molecule has 1 unspecified atom stereocenters. The molecule has 6 heteroatoms. The van der Waals surface area contributed by atoms with Gasteiger partial charge in [0.15, 0.2) is 5.11 Å². The predicted molar refractivity (Wildman–Crippen MR) is 142 cm³/mol. The van der Waals surface area contributed by atoms with Crippen molar-refractivity contribution >= 4 is 33.9 Å². The van der Waals surface area contributed by atoms with Gasteiger partial charge in [-0.1, -0.05) is 36.8 Å². The van der Waals surface area contributed by atoms with E-state index in [2.05, 4.69) is 72.1 Å². The standard InChI is InChI=1S/C27H34N4OS/c1-5-30-14-6-7-24(30)17-31(27(33)28-23-12-8-18(2)9-13-23)16-22-15-21-11-10-19(3)20(4)25(21)29-26(22)32/h8-13,15,24H,5-7,14,16-17H2,1-4H3,(H,28,33)(H,29,32). The van der Waals surface area contributed by atoms with Crippen LogP contribution >= 0.6 is 12.2 Å². The third kappa shape index (κ3) is 5.28. The van der Waals surface area contributed by atoms with Crippen LogP contribution < -0.4 is 10.9 Å². The van der Waals surface area contributed by atoms with Crippen molar-refractivity contribution in [2.45, 2.75) is 53.1 Å². The Morgan fingerprint density at radius 1 is 1.18 bits per heavy atom. The molecule has 3 aromatic rings. The number of anilines is 1. The number of aromatic nitrogens is 1. The summed E-state index contributed by atoms with van der Waals surface area (Å²) in [6, 6.07) is 14.9. The molecule has 1 aromatic heterocycles. The minimum absolute atomic E-state index is 0.0434. The van der Waals surface area contributed by atoms with Crippen LogP contribution in [0.4, 0.5) is 5.69 Å². The van der Waals surface area contributed by atoms with Crippen LogP contribution in [0.15, 0.2) is 47.3 Å². The smallest absolute Gasteiger partial charge is 0.253 e. The first kappa shape index (κ1) is 23.5. The molecular weight excluding hydrogens is 428 g/mol. The molecule has 1 atom stereocenters. The Labute approximate surface area is 201 Å². The molecule has 5 nitrogen and oxygen atoms in total. The van der Waals surface area contributed by atoms with E-state index in [1.54, 1.807) is 0 Å². The Hall–Kier alpha value is -2.70. The first-order valence-corrected chi connectivity index (χ1v) is 12.2. The average molecular weight is 463 g/mol. The van der Waals surface area contributed by atoms with Crippen LogP contribution in [0.2, 0.25) is 0 Å². The fourth-order valence-electron chi connectivity index (χ4n) is 4.72. The topological polar surface area (TPSA) is 51.4 Å². The molecule has 0 saturated carbocycles. The van der Waals surface area contributed by atoms with E-state index >= 15 is 0 Å². The lowest BCUT2D eigenvalue weighted by atomic mass is 10.0. The summed E-state index contributed by atoms with van der Waals surface area (Å²) in [6.07, 6.45) is 2.36. The summed E-state index contributed by atoms with van der Waals surface area (Å²) in [5.74, 6) is 0. The molecule has 0 aliphatic carbocycles. The zero-order valence-corrected chi connectivity index (χ0v) is 20.9. The Morgan fingerprint density at radius 3 is 2.67 bits per heavy atom. The summed E-state index contributed by atoms with van der Waals surface area (Å²) < 4.78 is 0. The molecule has 174 valence electrons. The summed E-state index contributed by atoms with van der Waals surface area (Å²) in [6.45, 7) is 11.8. The number of fused-ring (bicyclic) bond motifs is 1. The number of rotatable bonds is 6. The monoisotopic (exact) mass is 462 g/mol. The molecule has 0 radical (unpaired) electrons. The number of nitrogens with zero attached hydrogens (tertiary/aromatic N) is 2. The van der Waals surface area contributed by atoms with Gasteiger partial charge in [-0.05, 0) is 93.6 Å². The second kappa shape index (κ2) is 10.1. The molecule has 2 heterocycles. The molecule has 0 amide bonds. The van der Waals surface area contributed by atoms with Gasteiger partial charge in [-0.2, -0.15) is 0 Å². The summed E-state index contributed by atoms with van der Waals surface area (Å²) >= 11 is 5.86. The van der Waals surface area contributed by atoms with Crippen molar-refractivity contribution < 1.29 is 0 Å². The number of pyridine rings is 1. The number of aromatic amines is 1. The lowest BCUT2D eigenvalue weighted by Gasteiger charge is -2.32. The molecule has 1 aliphatic rings. The molecule has 1 fully saturated rings. The van der Waals surface area contributed by atoms with E-state index in [4.69, 9.17) is 12.2 Å². The Morgan fingerprint density at radius 2 is 1.94 bits per heavy atom. The van der Waals surface area contributed by atoms with Gasteiger partial charge >= 0.3 is 0 Å². The van der Waals surface area contributed by atoms with Gasteiger partial charge in [0.1, 0.15) is 0 Å². The summed E-state index contributed by atoms with van der Waals surface area (Å²) in [7, 11) is 0. The SMILES string of the molecule is CCN1CCCC1CN(Cc1cc2ccc(C)c(C)c2[nH]c1=O)C(=S)Nc1ccc(C)cc1. The van der Waals surface area contributed by atoms with E-state index in [-0.39, 0.29) is 5.56 Å². The molecule has 2 aromatic carbocycles. The van der Waals surface area contributed by atoms with Crippen molar-refractivity contribution in [3.05, 3.63) is 75.1 Å². The first-order chi connectivity index (χ1) is 15.9. The van der Waals surface area contributed by atoms with Gasteiger partial charge in [0, 0.05) is 23.8 Å². The van der Waals surface area contributed by atoms with Gasteiger partial charge in [0.2, 0.25) is 0 Å². The second-order valence-corrected chi connectivity index (χ2v) is 9.58. The van der Waals surface area contributed by atoms with Crippen molar-refractivity contribution in [2.24, 2.45) is 0 Å². The van der Waals surface area contributed by atoms with Gasteiger partial charge in [0.05, 0.1) is 12.1 Å². The minimum Gasteiger partial charge on any atom is -0.343 e. The highest BCUT2D eigenvalue weighted by Gasteiger charge is 2.26. The highest BCUT2D eigenvalue weighted by atomic mass is 32.1. The Bertz CT molecular complexity index is 1200. The molecule has 1 aliphatic heterocycles. The van der Waals surface area contributed by atoms with Crippen LogP contribution in [0.5, 0.6) is 0 Å². The summed E-state index contributed by atoms with van der Waals surface area (Å²) in [4.78, 5) is 20.8. The van der Waals surface area contributed by atoms with Gasteiger partial charge in [0.25, 0.3) is 5.56 Å². The molecule has 1 saturated heterocycles. The molecule has 2 N–H and O–H groups in total. The van der Waals surface area contributed by atoms with Gasteiger partial charge in [-0.3, -0.25) is 9.69 Å². The molecule has 33 heavy (non-hydrogen) atoms. The summed E-state index contributed by atoms with van der Waals surface area (Å²) in [5, 5.41) is 5.11. The first-order valence-electron chi connectivity index (χ1n) is 11.8. The number of aryl methyl sites for hydroxylation is 3. The predicted octanol–water partition coefficient (Wildman–Crippen LogP) is 5.14. The maximum atomic E-state index is 13.1.